The molecule has 5 aliphatic carbocycles. The van der Waals surface area contributed by atoms with Crippen LogP contribution in [0.15, 0.2) is 11.1 Å². The number of fused-ring (bicyclic) bond motifs is 5. The van der Waals surface area contributed by atoms with E-state index in [1.807, 2.05) is 0 Å². The van der Waals surface area contributed by atoms with Crippen LogP contribution in [-0.4, -0.2) is 154 Å². The fourth-order valence-corrected chi connectivity index (χ4v) is 13.0. The van der Waals surface area contributed by atoms with E-state index < -0.39 is 164 Å². The molecule has 2 N–H and O–H groups in total. The minimum absolute atomic E-state index is 0.0540. The molecule has 5 fully saturated rings. The Morgan fingerprint density at radius 1 is 0.810 bits per heavy atom. The van der Waals surface area contributed by atoms with E-state index in [4.69, 9.17) is 122 Å². The first-order chi connectivity index (χ1) is 36.7. The number of rotatable bonds is 17. The fraction of sp³-hybridized carbons (Fsp3) is 0.830. The summed E-state index contributed by atoms with van der Waals surface area (Å²) in [5, 5.41) is 17.2. The fourth-order valence-electron chi connectivity index (χ4n) is 12.6. The van der Waals surface area contributed by atoms with Crippen molar-refractivity contribution in [1.29, 1.82) is 0 Å². The van der Waals surface area contributed by atoms with Crippen LogP contribution in [-0.2, 0) is 71.3 Å². The molecule has 0 aromatic rings. The Morgan fingerprint density at radius 3 is 1.92 bits per heavy atom. The van der Waals surface area contributed by atoms with Gasteiger partial charge in [-0.3, -0.25) is 14.4 Å². The van der Waals surface area contributed by atoms with Gasteiger partial charge in [-0.15, -0.1) is 0 Å². The van der Waals surface area contributed by atoms with Crippen molar-refractivity contribution in [2.45, 2.75) is 206 Å². The van der Waals surface area contributed by atoms with Gasteiger partial charge in [-0.25, -0.2) is 19.2 Å². The van der Waals surface area contributed by atoms with Crippen molar-refractivity contribution in [3.8, 4) is 0 Å². The van der Waals surface area contributed by atoms with Crippen LogP contribution < -0.4 is 5.32 Å². The lowest BCUT2D eigenvalue weighted by Gasteiger charge is -2.67. The van der Waals surface area contributed by atoms with E-state index in [0.717, 1.165) is 32.6 Å². The number of nitrogens with one attached hydrogen (secondary N) is 1. The standard InChI is InChI=1S/C53H75Cl6NO19/c1-10-69-21-22-70-38(36(30-17-13-11-14-18-30)60-44(65)79-47(4,5)6)43(64)74-32-24-51(68)41(77-42(63)31-19-15-12-16-20-31)39-49(9,40(62)37(35(28(32)2)48(51,7)8)76-46(67)73-27-53(57,58)59)33(75-45(66)72-26-52(54,55)56)23-34-50(39,25-71-34)78-29(3)61/h30-34,36-39,41,68H,10-27H2,1-9H3,(H,60,65)/t32-,33-,34+,36-,37+,38+,39-,41-,49+,50-,51+/m0/s1. The highest BCUT2D eigenvalue weighted by Crippen LogP contribution is 2.65. The summed E-state index contributed by atoms with van der Waals surface area (Å²) in [6.45, 7) is 12.0. The zero-order valence-electron chi connectivity index (χ0n) is 46.1. The number of alkyl carbamates (subject to hydrolysis) is 1. The van der Waals surface area contributed by atoms with Crippen molar-refractivity contribution in [3.05, 3.63) is 11.1 Å². The highest BCUT2D eigenvalue weighted by molar-refractivity contribution is 6.68. The number of alkyl halides is 6. The van der Waals surface area contributed by atoms with Gasteiger partial charge in [0.1, 0.15) is 48.8 Å². The van der Waals surface area contributed by atoms with Crippen molar-refractivity contribution < 1.29 is 90.8 Å². The SMILES string of the molecule is CCOCCO[C@@H](C(=O)O[C@H]1C[C@@]2(O)[C@@H](OC(=O)C3CCCCC3)[C@@H]3[C@]4(OC(C)=O)CO[C@@H]4C[C@H](OC(=O)OCC(Cl)(Cl)Cl)[C@@]3(C)C(=O)[C@H](OC(=O)OCC(Cl)(Cl)Cl)C(=C1C)C2(C)C)[C@@H](NC(=O)OC(C)(C)C)C1CCCCC1. The maximum Gasteiger partial charge on any atom is 0.509 e. The Balaban J connectivity index is 1.61. The number of carbonyl (C=O) groups excluding carboxylic acids is 7. The number of aliphatic hydroxyl groups is 1. The van der Waals surface area contributed by atoms with Crippen molar-refractivity contribution in [2.24, 2.45) is 28.6 Å². The molecule has 0 unspecified atom stereocenters. The molecule has 1 heterocycles. The number of hydrogen-bond donors (Lipinski definition) is 2. The molecule has 11 atom stereocenters. The minimum Gasteiger partial charge on any atom is -0.459 e. The molecular formula is C53H75Cl6NO19. The Hall–Kier alpha value is -2.79. The Bertz CT molecular complexity index is 2270. The van der Waals surface area contributed by atoms with Crippen molar-refractivity contribution in [1.82, 2.24) is 5.32 Å². The molecule has 448 valence electrons. The summed E-state index contributed by atoms with van der Waals surface area (Å²) in [7, 11) is 0. The van der Waals surface area contributed by atoms with Crippen LogP contribution in [0.3, 0.4) is 0 Å². The summed E-state index contributed by atoms with van der Waals surface area (Å²) in [5.41, 5.74) is -9.71. The lowest BCUT2D eigenvalue weighted by atomic mass is 9.44. The van der Waals surface area contributed by atoms with Crippen LogP contribution in [0.25, 0.3) is 0 Å². The van der Waals surface area contributed by atoms with Gasteiger partial charge in [0.25, 0.3) is 0 Å². The van der Waals surface area contributed by atoms with E-state index in [2.05, 4.69) is 5.32 Å². The third-order valence-electron chi connectivity index (χ3n) is 16.4. The largest absolute Gasteiger partial charge is 0.509 e. The Morgan fingerprint density at radius 2 is 1.39 bits per heavy atom. The van der Waals surface area contributed by atoms with E-state index in [1.54, 1.807) is 27.7 Å². The molecule has 1 saturated heterocycles. The van der Waals surface area contributed by atoms with Gasteiger partial charge in [0.15, 0.2) is 23.6 Å². The van der Waals surface area contributed by atoms with E-state index >= 15 is 9.59 Å². The van der Waals surface area contributed by atoms with Crippen molar-refractivity contribution in [3.63, 3.8) is 0 Å². The van der Waals surface area contributed by atoms with Crippen LogP contribution in [0.2, 0.25) is 0 Å². The molecule has 1 aliphatic heterocycles. The van der Waals surface area contributed by atoms with Crippen molar-refractivity contribution >= 4 is 112 Å². The van der Waals surface area contributed by atoms with E-state index in [-0.39, 0.29) is 30.3 Å². The summed E-state index contributed by atoms with van der Waals surface area (Å²) < 4.78 is 61.4. The summed E-state index contributed by atoms with van der Waals surface area (Å²) in [4.78, 5) is 102. The Labute approximate surface area is 491 Å². The molecule has 79 heavy (non-hydrogen) atoms. The summed E-state index contributed by atoms with van der Waals surface area (Å²) in [5.74, 6) is -6.47. The quantitative estimate of drug-likeness (QED) is 0.0451. The average molecular weight is 1240 g/mol. The second-order valence-electron chi connectivity index (χ2n) is 23.1. The zero-order chi connectivity index (χ0) is 58.7. The monoisotopic (exact) mass is 1240 g/mol. The van der Waals surface area contributed by atoms with E-state index in [9.17, 15) is 29.1 Å². The highest BCUT2D eigenvalue weighted by Gasteiger charge is 2.79. The number of esters is 3. The van der Waals surface area contributed by atoms with E-state index in [0.29, 0.717) is 45.1 Å². The molecule has 6 aliphatic rings. The number of halogens is 6. The lowest BCUT2D eigenvalue weighted by molar-refractivity contribution is -0.347. The Kier molecular flexibility index (Phi) is 21.5. The van der Waals surface area contributed by atoms with Gasteiger partial charge in [-0.1, -0.05) is 122 Å². The van der Waals surface area contributed by atoms with Crippen LogP contribution >= 0.6 is 69.6 Å². The first kappa shape index (κ1) is 65.4. The molecule has 4 saturated carbocycles. The maximum absolute atomic E-state index is 16.5. The number of Topliss-reactive ketones (excluding diaryl/α,β-unsaturated/α-hetero) is 1. The van der Waals surface area contributed by atoms with Crippen LogP contribution in [0.1, 0.15) is 139 Å². The number of ether oxygens (including phenoxy) is 11. The molecule has 0 radical (unpaired) electrons. The van der Waals surface area contributed by atoms with Gasteiger partial charge < -0.3 is 62.5 Å². The smallest absolute Gasteiger partial charge is 0.459 e. The molecule has 0 spiro atoms. The van der Waals surface area contributed by atoms with Crippen LogP contribution in [0.4, 0.5) is 14.4 Å². The van der Waals surface area contributed by atoms with E-state index in [1.165, 1.54) is 27.7 Å². The molecular weight excluding hydrogens is 1170 g/mol. The summed E-state index contributed by atoms with van der Waals surface area (Å²) in [6.07, 6.45) is -8.22. The molecule has 1 amide bonds. The number of ketones is 1. The topological polar surface area (TPSA) is 253 Å². The molecule has 20 nitrogen and oxygen atoms in total. The normalized spacial score (nSPS) is 31.0. The van der Waals surface area contributed by atoms with Crippen LogP contribution in [0, 0.1) is 28.6 Å². The predicted octanol–water partition coefficient (Wildman–Crippen LogP) is 9.86. The second-order valence-corrected chi connectivity index (χ2v) is 28.2. The van der Waals surface area contributed by atoms with Gasteiger partial charge in [0.2, 0.25) is 7.59 Å². The predicted molar refractivity (Wildman–Crippen MR) is 287 cm³/mol. The van der Waals surface area contributed by atoms with Crippen LogP contribution in [0.5, 0.6) is 0 Å². The molecule has 26 heteroatoms. The first-order valence-electron chi connectivity index (χ1n) is 26.9. The van der Waals surface area contributed by atoms with Gasteiger partial charge >= 0.3 is 36.3 Å². The minimum atomic E-state index is -2.54. The lowest BCUT2D eigenvalue weighted by Crippen LogP contribution is -2.82. The average Bonchev–Trinajstić information content (AvgIpc) is 3.19. The zero-order valence-corrected chi connectivity index (χ0v) is 50.6. The first-order valence-corrected chi connectivity index (χ1v) is 29.1. The number of amides is 1. The molecule has 0 aromatic heterocycles. The third kappa shape index (κ3) is 15.1. The van der Waals surface area contributed by atoms with Gasteiger partial charge in [0.05, 0.1) is 43.1 Å². The summed E-state index contributed by atoms with van der Waals surface area (Å²) in [6, 6.07) is -1.03. The molecule has 2 bridgehead atoms. The molecule has 0 aromatic carbocycles. The number of hydrogen-bond acceptors (Lipinski definition) is 19. The molecule has 6 rings (SSSR count). The number of carbonyl (C=O) groups is 7. The second kappa shape index (κ2) is 26.0. The van der Waals surface area contributed by atoms with Gasteiger partial charge in [0, 0.05) is 31.8 Å². The summed E-state index contributed by atoms with van der Waals surface area (Å²) >= 11 is 35.8. The van der Waals surface area contributed by atoms with Crippen molar-refractivity contribution in [2.75, 3.05) is 39.6 Å². The van der Waals surface area contributed by atoms with Gasteiger partial charge in [-0.2, -0.15) is 0 Å². The van der Waals surface area contributed by atoms with Gasteiger partial charge in [-0.05, 0) is 84.3 Å². The highest BCUT2D eigenvalue weighted by atomic mass is 35.6. The maximum atomic E-state index is 16.5. The third-order valence-corrected chi connectivity index (χ3v) is 17.0.